The summed E-state index contributed by atoms with van der Waals surface area (Å²) < 4.78 is 5.01. The Morgan fingerprint density at radius 1 is 1.53 bits per heavy atom. The van der Waals surface area contributed by atoms with Gasteiger partial charge in [0, 0.05) is 19.6 Å². The van der Waals surface area contributed by atoms with Gasteiger partial charge in [-0.15, -0.1) is 0 Å². The molecule has 90 valence electrons. The third-order valence-corrected chi connectivity index (χ3v) is 2.09. The molecule has 4 nitrogen and oxygen atoms in total. The van der Waals surface area contributed by atoms with Crippen molar-refractivity contribution in [1.29, 1.82) is 0 Å². The maximum Gasteiger partial charge on any atom is 0.222 e. The molecule has 0 heterocycles. The van der Waals surface area contributed by atoms with Crippen molar-refractivity contribution in [2.75, 3.05) is 13.7 Å². The van der Waals surface area contributed by atoms with E-state index >= 15 is 0 Å². The van der Waals surface area contributed by atoms with Gasteiger partial charge in [0.2, 0.25) is 5.91 Å². The molecule has 0 saturated carbocycles. The summed E-state index contributed by atoms with van der Waals surface area (Å²) >= 11 is 0. The Morgan fingerprint density at radius 3 is 2.60 bits per heavy atom. The zero-order chi connectivity index (χ0) is 11.9. The first-order valence-corrected chi connectivity index (χ1v) is 5.47. The summed E-state index contributed by atoms with van der Waals surface area (Å²) in [5, 5.41) is 2.90. The number of rotatable bonds is 7. The minimum absolute atomic E-state index is 0.00185. The van der Waals surface area contributed by atoms with Crippen LogP contribution in [0, 0.1) is 0 Å². The van der Waals surface area contributed by atoms with E-state index in [4.69, 9.17) is 10.5 Å². The lowest BCUT2D eigenvalue weighted by molar-refractivity contribution is -0.123. The Balaban J connectivity index is 3.91. The van der Waals surface area contributed by atoms with Gasteiger partial charge >= 0.3 is 0 Å². The molecule has 0 saturated heterocycles. The smallest absolute Gasteiger partial charge is 0.222 e. The second-order valence-electron chi connectivity index (χ2n) is 4.62. The molecule has 1 atom stereocenters. The van der Waals surface area contributed by atoms with Gasteiger partial charge in [-0.25, -0.2) is 0 Å². The second-order valence-corrected chi connectivity index (χ2v) is 4.62. The molecule has 0 fully saturated rings. The van der Waals surface area contributed by atoms with Gasteiger partial charge in [0.1, 0.15) is 0 Å². The standard InChI is InChI=1S/C11H24N2O2/c1-5-6-9(12)7-10(14)13-11(2,3)8-15-4/h9H,5-8,12H2,1-4H3,(H,13,14). The van der Waals surface area contributed by atoms with Crippen molar-refractivity contribution in [3.05, 3.63) is 0 Å². The van der Waals surface area contributed by atoms with Crippen molar-refractivity contribution in [1.82, 2.24) is 5.32 Å². The molecule has 0 aliphatic carbocycles. The van der Waals surface area contributed by atoms with Crippen molar-refractivity contribution in [3.63, 3.8) is 0 Å². The van der Waals surface area contributed by atoms with E-state index < -0.39 is 0 Å². The van der Waals surface area contributed by atoms with Crippen molar-refractivity contribution >= 4 is 5.91 Å². The molecule has 1 amide bonds. The van der Waals surface area contributed by atoms with Gasteiger partial charge < -0.3 is 15.8 Å². The Kier molecular flexibility index (Phi) is 6.52. The SMILES string of the molecule is CCCC(N)CC(=O)NC(C)(C)COC. The number of hydrogen-bond acceptors (Lipinski definition) is 3. The van der Waals surface area contributed by atoms with Crippen LogP contribution in [0.3, 0.4) is 0 Å². The molecule has 0 spiro atoms. The fraction of sp³-hybridized carbons (Fsp3) is 0.909. The number of carbonyl (C=O) groups excluding carboxylic acids is 1. The van der Waals surface area contributed by atoms with Crippen LogP contribution in [0.4, 0.5) is 0 Å². The summed E-state index contributed by atoms with van der Waals surface area (Å²) in [6.45, 7) is 6.42. The summed E-state index contributed by atoms with van der Waals surface area (Å²) in [5.74, 6) is -0.00185. The highest BCUT2D eigenvalue weighted by atomic mass is 16.5. The molecule has 0 aromatic heterocycles. The van der Waals surface area contributed by atoms with Crippen LogP contribution < -0.4 is 11.1 Å². The third kappa shape index (κ3) is 7.33. The minimum Gasteiger partial charge on any atom is -0.382 e. The van der Waals surface area contributed by atoms with E-state index in [-0.39, 0.29) is 17.5 Å². The maximum atomic E-state index is 11.6. The first kappa shape index (κ1) is 14.4. The summed E-state index contributed by atoms with van der Waals surface area (Å²) in [5.41, 5.74) is 5.46. The molecule has 3 N–H and O–H groups in total. The molecule has 0 aromatic carbocycles. The van der Waals surface area contributed by atoms with E-state index in [2.05, 4.69) is 12.2 Å². The normalized spacial score (nSPS) is 13.7. The second kappa shape index (κ2) is 6.80. The number of carbonyl (C=O) groups is 1. The highest BCUT2D eigenvalue weighted by molar-refractivity contribution is 5.77. The number of ether oxygens (including phenoxy) is 1. The Labute approximate surface area is 92.6 Å². The van der Waals surface area contributed by atoms with Crippen molar-refractivity contribution < 1.29 is 9.53 Å². The van der Waals surface area contributed by atoms with Gasteiger partial charge in [0.05, 0.1) is 12.1 Å². The molecular weight excluding hydrogens is 192 g/mol. The van der Waals surface area contributed by atoms with E-state index in [1.165, 1.54) is 0 Å². The fourth-order valence-corrected chi connectivity index (χ4v) is 1.54. The molecule has 0 aromatic rings. The predicted molar refractivity (Wildman–Crippen MR) is 61.6 cm³/mol. The number of nitrogens with two attached hydrogens (primary N) is 1. The van der Waals surface area contributed by atoms with Gasteiger partial charge in [0.25, 0.3) is 0 Å². The van der Waals surface area contributed by atoms with E-state index in [9.17, 15) is 4.79 Å². The lowest BCUT2D eigenvalue weighted by atomic mass is 10.0. The van der Waals surface area contributed by atoms with Crippen LogP contribution in [0.25, 0.3) is 0 Å². The van der Waals surface area contributed by atoms with Gasteiger partial charge in [-0.1, -0.05) is 13.3 Å². The fourth-order valence-electron chi connectivity index (χ4n) is 1.54. The minimum atomic E-state index is -0.322. The van der Waals surface area contributed by atoms with Gasteiger partial charge in [-0.2, -0.15) is 0 Å². The van der Waals surface area contributed by atoms with Gasteiger partial charge in [-0.05, 0) is 20.3 Å². The summed E-state index contributed by atoms with van der Waals surface area (Å²) in [6, 6.07) is -0.0339. The Bertz CT molecular complexity index is 193. The maximum absolute atomic E-state index is 11.6. The van der Waals surface area contributed by atoms with Crippen LogP contribution in [0.1, 0.15) is 40.0 Å². The monoisotopic (exact) mass is 216 g/mol. The van der Waals surface area contributed by atoms with Crippen molar-refractivity contribution in [2.24, 2.45) is 5.73 Å². The predicted octanol–water partition coefficient (Wildman–Crippen LogP) is 1.05. The molecule has 0 radical (unpaired) electrons. The average molecular weight is 216 g/mol. The Hall–Kier alpha value is -0.610. The molecule has 0 bridgehead atoms. The van der Waals surface area contributed by atoms with Crippen LogP contribution in [0.5, 0.6) is 0 Å². The highest BCUT2D eigenvalue weighted by Crippen LogP contribution is 2.04. The molecular formula is C11H24N2O2. The largest absolute Gasteiger partial charge is 0.382 e. The molecule has 1 unspecified atom stereocenters. The zero-order valence-corrected chi connectivity index (χ0v) is 10.3. The van der Waals surface area contributed by atoms with Crippen LogP contribution in [0.15, 0.2) is 0 Å². The molecule has 0 aliphatic heterocycles. The number of nitrogens with one attached hydrogen (secondary N) is 1. The first-order valence-electron chi connectivity index (χ1n) is 5.47. The van der Waals surface area contributed by atoms with E-state index in [0.717, 1.165) is 12.8 Å². The molecule has 15 heavy (non-hydrogen) atoms. The summed E-state index contributed by atoms with van der Waals surface area (Å²) in [6.07, 6.45) is 2.29. The lowest BCUT2D eigenvalue weighted by Crippen LogP contribution is -2.48. The summed E-state index contributed by atoms with van der Waals surface area (Å²) in [4.78, 5) is 11.6. The van der Waals surface area contributed by atoms with Crippen molar-refractivity contribution in [2.45, 2.75) is 51.6 Å². The number of hydrogen-bond donors (Lipinski definition) is 2. The van der Waals surface area contributed by atoms with Crippen LogP contribution in [0.2, 0.25) is 0 Å². The molecule has 4 heteroatoms. The van der Waals surface area contributed by atoms with Crippen LogP contribution >= 0.6 is 0 Å². The zero-order valence-electron chi connectivity index (χ0n) is 10.3. The first-order chi connectivity index (χ1) is 6.91. The quantitative estimate of drug-likeness (QED) is 0.668. The van der Waals surface area contributed by atoms with Crippen LogP contribution in [-0.2, 0) is 9.53 Å². The number of methoxy groups -OCH3 is 1. The van der Waals surface area contributed by atoms with Crippen LogP contribution in [-0.4, -0.2) is 31.2 Å². The molecule has 0 aliphatic rings. The third-order valence-electron chi connectivity index (χ3n) is 2.09. The molecule has 0 rings (SSSR count). The van der Waals surface area contributed by atoms with E-state index in [0.29, 0.717) is 13.0 Å². The van der Waals surface area contributed by atoms with E-state index in [1.54, 1.807) is 7.11 Å². The highest BCUT2D eigenvalue weighted by Gasteiger charge is 2.20. The van der Waals surface area contributed by atoms with E-state index in [1.807, 2.05) is 13.8 Å². The Morgan fingerprint density at radius 2 is 2.13 bits per heavy atom. The van der Waals surface area contributed by atoms with Gasteiger partial charge in [0.15, 0.2) is 0 Å². The van der Waals surface area contributed by atoms with Gasteiger partial charge in [-0.3, -0.25) is 4.79 Å². The van der Waals surface area contributed by atoms with Crippen molar-refractivity contribution in [3.8, 4) is 0 Å². The number of amides is 1. The topological polar surface area (TPSA) is 64.4 Å². The average Bonchev–Trinajstić information content (AvgIpc) is 2.01. The lowest BCUT2D eigenvalue weighted by Gasteiger charge is -2.26. The summed E-state index contributed by atoms with van der Waals surface area (Å²) in [7, 11) is 1.62.